The first kappa shape index (κ1) is 8.00. The third-order valence-corrected chi connectivity index (χ3v) is 2.15. The van der Waals surface area contributed by atoms with Gasteiger partial charge in [0.1, 0.15) is 4.88 Å². The van der Waals surface area contributed by atoms with E-state index in [1.54, 1.807) is 6.92 Å². The van der Waals surface area contributed by atoms with Crippen LogP contribution in [0.4, 0.5) is 5.13 Å². The number of carbonyl (C=O) groups is 1. The SMILES string of the molecule is COC(=O)c1sc(N)nc1C. The van der Waals surface area contributed by atoms with Gasteiger partial charge in [-0.25, -0.2) is 9.78 Å². The van der Waals surface area contributed by atoms with E-state index in [0.29, 0.717) is 15.7 Å². The summed E-state index contributed by atoms with van der Waals surface area (Å²) in [5, 5.41) is 0.392. The third kappa shape index (κ3) is 1.48. The van der Waals surface area contributed by atoms with Gasteiger partial charge in [0.2, 0.25) is 0 Å². The van der Waals surface area contributed by atoms with Crippen LogP contribution in [0.5, 0.6) is 0 Å². The van der Waals surface area contributed by atoms with Crippen LogP contribution in [-0.4, -0.2) is 18.1 Å². The zero-order valence-corrected chi connectivity index (χ0v) is 7.07. The van der Waals surface area contributed by atoms with Crippen LogP contribution in [0.1, 0.15) is 15.4 Å². The average Bonchev–Trinajstić information content (AvgIpc) is 2.28. The summed E-state index contributed by atoms with van der Waals surface area (Å²) in [6, 6.07) is 0. The predicted octanol–water partition coefficient (Wildman–Crippen LogP) is 0.820. The Morgan fingerprint density at radius 2 is 2.36 bits per heavy atom. The summed E-state index contributed by atoms with van der Waals surface area (Å²) in [5.41, 5.74) is 6.00. The van der Waals surface area contributed by atoms with Crippen molar-refractivity contribution >= 4 is 22.4 Å². The molecule has 5 heteroatoms. The maximum atomic E-state index is 10.9. The number of esters is 1. The van der Waals surface area contributed by atoms with E-state index in [9.17, 15) is 4.79 Å². The summed E-state index contributed by atoms with van der Waals surface area (Å²) in [6.45, 7) is 1.72. The molecule has 60 valence electrons. The molecule has 0 spiro atoms. The Morgan fingerprint density at radius 3 is 2.73 bits per heavy atom. The van der Waals surface area contributed by atoms with Crippen LogP contribution < -0.4 is 5.73 Å². The number of nitrogens with zero attached hydrogens (tertiary/aromatic N) is 1. The van der Waals surface area contributed by atoms with Crippen LogP contribution in [0.3, 0.4) is 0 Å². The van der Waals surface area contributed by atoms with Crippen molar-refractivity contribution in [2.45, 2.75) is 6.92 Å². The van der Waals surface area contributed by atoms with E-state index in [0.717, 1.165) is 11.3 Å². The highest BCUT2D eigenvalue weighted by Gasteiger charge is 2.13. The highest BCUT2D eigenvalue weighted by Crippen LogP contribution is 2.19. The zero-order chi connectivity index (χ0) is 8.43. The lowest BCUT2D eigenvalue weighted by atomic mass is 10.4. The zero-order valence-electron chi connectivity index (χ0n) is 6.25. The second-order valence-electron chi connectivity index (χ2n) is 1.96. The number of rotatable bonds is 1. The minimum atomic E-state index is -0.378. The fourth-order valence-electron chi connectivity index (χ4n) is 0.699. The number of ether oxygens (including phenoxy) is 1. The van der Waals surface area contributed by atoms with Crippen LogP contribution in [0, 0.1) is 6.92 Å². The quantitative estimate of drug-likeness (QED) is 0.637. The lowest BCUT2D eigenvalue weighted by Gasteiger charge is -1.92. The number of anilines is 1. The number of carbonyl (C=O) groups excluding carboxylic acids is 1. The minimum absolute atomic E-state index is 0.378. The number of nitrogen functional groups attached to an aromatic ring is 1. The van der Waals surface area contributed by atoms with Crippen molar-refractivity contribution in [1.29, 1.82) is 0 Å². The Morgan fingerprint density at radius 1 is 1.73 bits per heavy atom. The van der Waals surface area contributed by atoms with Crippen molar-refractivity contribution in [3.8, 4) is 0 Å². The van der Waals surface area contributed by atoms with Crippen LogP contribution in [0.15, 0.2) is 0 Å². The number of hydrogen-bond donors (Lipinski definition) is 1. The summed E-state index contributed by atoms with van der Waals surface area (Å²) in [5.74, 6) is -0.378. The van der Waals surface area contributed by atoms with E-state index in [1.807, 2.05) is 0 Å². The molecule has 11 heavy (non-hydrogen) atoms. The summed E-state index contributed by atoms with van der Waals surface area (Å²) in [4.78, 5) is 15.3. The summed E-state index contributed by atoms with van der Waals surface area (Å²) in [7, 11) is 1.33. The molecule has 0 amide bonds. The van der Waals surface area contributed by atoms with Crippen LogP contribution in [-0.2, 0) is 4.74 Å². The molecular formula is C6H8N2O2S. The standard InChI is InChI=1S/C6H8N2O2S/c1-3-4(5(9)10-2)11-6(7)8-3/h1-2H3,(H2,7,8). The number of nitrogens with two attached hydrogens (primary N) is 1. The molecule has 2 N–H and O–H groups in total. The van der Waals surface area contributed by atoms with Crippen molar-refractivity contribution in [1.82, 2.24) is 4.98 Å². The molecule has 1 aromatic heterocycles. The molecule has 1 heterocycles. The molecule has 0 saturated carbocycles. The molecule has 1 aromatic rings. The van der Waals surface area contributed by atoms with Crippen molar-refractivity contribution in [2.75, 3.05) is 12.8 Å². The Labute approximate surface area is 68.0 Å². The molecule has 0 bridgehead atoms. The molecule has 0 aliphatic heterocycles. The molecule has 1 rings (SSSR count). The van der Waals surface area contributed by atoms with E-state index in [-0.39, 0.29) is 5.97 Å². The van der Waals surface area contributed by atoms with Crippen molar-refractivity contribution in [3.63, 3.8) is 0 Å². The summed E-state index contributed by atoms with van der Waals surface area (Å²) < 4.78 is 4.51. The molecule has 0 radical (unpaired) electrons. The Bertz CT molecular complexity index is 282. The normalized spacial score (nSPS) is 9.64. The molecule has 0 unspecified atom stereocenters. The van der Waals surface area contributed by atoms with E-state index in [1.165, 1.54) is 7.11 Å². The van der Waals surface area contributed by atoms with Gasteiger partial charge >= 0.3 is 5.97 Å². The first-order valence-electron chi connectivity index (χ1n) is 2.96. The second-order valence-corrected chi connectivity index (χ2v) is 2.99. The maximum absolute atomic E-state index is 10.9. The molecular weight excluding hydrogens is 164 g/mol. The van der Waals surface area contributed by atoms with Crippen LogP contribution in [0.25, 0.3) is 0 Å². The molecule has 0 atom stereocenters. The molecule has 0 saturated heterocycles. The lowest BCUT2D eigenvalue weighted by Crippen LogP contribution is -1.99. The molecule has 0 aliphatic carbocycles. The van der Waals surface area contributed by atoms with E-state index < -0.39 is 0 Å². The van der Waals surface area contributed by atoms with Crippen molar-refractivity contribution < 1.29 is 9.53 Å². The predicted molar refractivity (Wildman–Crippen MR) is 42.6 cm³/mol. The number of hydrogen-bond acceptors (Lipinski definition) is 5. The van der Waals surface area contributed by atoms with Gasteiger partial charge in [0.15, 0.2) is 5.13 Å². The topological polar surface area (TPSA) is 65.2 Å². The Hall–Kier alpha value is -1.10. The first-order valence-corrected chi connectivity index (χ1v) is 3.78. The van der Waals surface area contributed by atoms with Crippen molar-refractivity contribution in [2.24, 2.45) is 0 Å². The molecule has 0 aromatic carbocycles. The van der Waals surface area contributed by atoms with Gasteiger partial charge in [-0.15, -0.1) is 0 Å². The van der Waals surface area contributed by atoms with Gasteiger partial charge in [-0.2, -0.15) is 0 Å². The fourth-order valence-corrected chi connectivity index (χ4v) is 1.45. The monoisotopic (exact) mass is 172 g/mol. The summed E-state index contributed by atoms with van der Waals surface area (Å²) >= 11 is 1.14. The van der Waals surface area contributed by atoms with Gasteiger partial charge in [-0.3, -0.25) is 0 Å². The molecule has 0 aliphatic rings. The highest BCUT2D eigenvalue weighted by atomic mass is 32.1. The number of aryl methyl sites for hydroxylation is 1. The lowest BCUT2D eigenvalue weighted by molar-refractivity contribution is 0.0605. The Balaban J connectivity index is 3.03. The Kier molecular flexibility index (Phi) is 2.09. The number of methoxy groups -OCH3 is 1. The maximum Gasteiger partial charge on any atom is 0.350 e. The fraction of sp³-hybridized carbons (Fsp3) is 0.333. The molecule has 4 nitrogen and oxygen atoms in total. The van der Waals surface area contributed by atoms with E-state index in [4.69, 9.17) is 5.73 Å². The van der Waals surface area contributed by atoms with E-state index in [2.05, 4.69) is 9.72 Å². The van der Waals surface area contributed by atoms with Gasteiger partial charge in [0.05, 0.1) is 12.8 Å². The van der Waals surface area contributed by atoms with Gasteiger partial charge in [-0.05, 0) is 6.92 Å². The third-order valence-electron chi connectivity index (χ3n) is 1.18. The largest absolute Gasteiger partial charge is 0.465 e. The van der Waals surface area contributed by atoms with Gasteiger partial charge in [0.25, 0.3) is 0 Å². The first-order chi connectivity index (χ1) is 5.15. The van der Waals surface area contributed by atoms with Crippen LogP contribution >= 0.6 is 11.3 Å². The minimum Gasteiger partial charge on any atom is -0.465 e. The number of aromatic nitrogens is 1. The molecule has 0 fully saturated rings. The number of thiazole rings is 1. The van der Waals surface area contributed by atoms with Gasteiger partial charge in [-0.1, -0.05) is 11.3 Å². The van der Waals surface area contributed by atoms with Gasteiger partial charge < -0.3 is 10.5 Å². The smallest absolute Gasteiger partial charge is 0.350 e. The highest BCUT2D eigenvalue weighted by molar-refractivity contribution is 7.17. The van der Waals surface area contributed by atoms with Crippen molar-refractivity contribution in [3.05, 3.63) is 10.6 Å². The second kappa shape index (κ2) is 2.87. The van der Waals surface area contributed by atoms with Crippen LogP contribution in [0.2, 0.25) is 0 Å². The van der Waals surface area contributed by atoms with E-state index >= 15 is 0 Å². The summed E-state index contributed by atoms with van der Waals surface area (Å²) in [6.07, 6.45) is 0. The average molecular weight is 172 g/mol. The van der Waals surface area contributed by atoms with Gasteiger partial charge in [0, 0.05) is 0 Å².